The first-order valence-corrected chi connectivity index (χ1v) is 6.98. The van der Waals surface area contributed by atoms with E-state index in [9.17, 15) is 14.4 Å². The van der Waals surface area contributed by atoms with Crippen LogP contribution in [0.2, 0.25) is 0 Å². The minimum absolute atomic E-state index is 0.256. The van der Waals surface area contributed by atoms with Crippen LogP contribution in [0.4, 0.5) is 4.79 Å². The lowest BCUT2D eigenvalue weighted by Gasteiger charge is -2.39. The Hall–Kier alpha value is -1.21. The molecule has 4 amide bonds. The summed E-state index contributed by atoms with van der Waals surface area (Å²) in [6.45, 7) is 1.74. The molecule has 0 aliphatic carbocycles. The number of urea groups is 1. The van der Waals surface area contributed by atoms with E-state index in [4.69, 9.17) is 0 Å². The summed E-state index contributed by atoms with van der Waals surface area (Å²) in [5.74, 6) is -1.15. The predicted molar refractivity (Wildman–Crippen MR) is 75.4 cm³/mol. The Bertz CT molecular complexity index is 523. The van der Waals surface area contributed by atoms with Crippen molar-refractivity contribution >= 4 is 50.1 Å². The van der Waals surface area contributed by atoms with Gasteiger partial charge in [0.2, 0.25) is 0 Å². The fraction of sp³-hybridized carbons (Fsp3) is 0.250. The zero-order chi connectivity index (χ0) is 14.2. The molecule has 19 heavy (non-hydrogen) atoms. The van der Waals surface area contributed by atoms with Gasteiger partial charge in [-0.05, 0) is 12.0 Å². The highest BCUT2D eigenvalue weighted by atomic mass is 79.9. The number of carbonyl (C=O) groups is 3. The predicted octanol–water partition coefficient (Wildman–Crippen LogP) is 2.75. The number of barbiturate groups is 1. The van der Waals surface area contributed by atoms with E-state index in [2.05, 4.69) is 32.3 Å². The second-order valence-electron chi connectivity index (χ2n) is 4.08. The average molecular weight is 390 g/mol. The van der Waals surface area contributed by atoms with Gasteiger partial charge in [0.1, 0.15) is 0 Å². The van der Waals surface area contributed by atoms with Gasteiger partial charge in [0, 0.05) is 0 Å². The fourth-order valence-electron chi connectivity index (χ4n) is 2.15. The topological polar surface area (TPSA) is 57.7 Å². The first-order valence-electron chi connectivity index (χ1n) is 5.57. The molecule has 1 fully saturated rings. The normalized spacial score (nSPS) is 19.0. The maximum absolute atomic E-state index is 12.4. The molecule has 0 N–H and O–H groups in total. The molecule has 0 bridgehead atoms. The van der Waals surface area contributed by atoms with Crippen LogP contribution < -0.4 is 0 Å². The molecular formula is C12H10Br2N2O3. The van der Waals surface area contributed by atoms with E-state index in [1.165, 1.54) is 0 Å². The van der Waals surface area contributed by atoms with Crippen molar-refractivity contribution in [2.24, 2.45) is 0 Å². The van der Waals surface area contributed by atoms with Crippen molar-refractivity contribution in [3.63, 3.8) is 0 Å². The molecule has 7 heteroatoms. The summed E-state index contributed by atoms with van der Waals surface area (Å²) < 4.78 is 1.55. The van der Waals surface area contributed by atoms with E-state index < -0.39 is 23.3 Å². The zero-order valence-electron chi connectivity index (χ0n) is 9.97. The average Bonchev–Trinajstić information content (AvgIpc) is 2.45. The van der Waals surface area contributed by atoms with Gasteiger partial charge >= 0.3 is 6.03 Å². The number of amides is 4. The van der Waals surface area contributed by atoms with Crippen molar-refractivity contribution in [1.29, 1.82) is 0 Å². The van der Waals surface area contributed by atoms with E-state index in [0.29, 0.717) is 5.56 Å². The maximum atomic E-state index is 12.4. The number of hydrogen-bond donors (Lipinski definition) is 0. The van der Waals surface area contributed by atoms with Crippen LogP contribution in [-0.2, 0) is 15.0 Å². The second kappa shape index (κ2) is 5.05. The molecule has 5 nitrogen and oxygen atoms in total. The van der Waals surface area contributed by atoms with E-state index in [1.807, 2.05) is 0 Å². The summed E-state index contributed by atoms with van der Waals surface area (Å²) in [5.41, 5.74) is -0.823. The minimum atomic E-state index is -1.39. The van der Waals surface area contributed by atoms with Crippen molar-refractivity contribution in [2.45, 2.75) is 18.8 Å². The van der Waals surface area contributed by atoms with Crippen LogP contribution in [0.5, 0.6) is 0 Å². The number of halogens is 2. The van der Waals surface area contributed by atoms with Crippen LogP contribution >= 0.6 is 32.3 Å². The highest BCUT2D eigenvalue weighted by Crippen LogP contribution is 2.38. The molecule has 1 aromatic rings. The summed E-state index contributed by atoms with van der Waals surface area (Å²) in [7, 11) is 0. The van der Waals surface area contributed by atoms with Gasteiger partial charge < -0.3 is 0 Å². The van der Waals surface area contributed by atoms with Crippen LogP contribution in [0.3, 0.4) is 0 Å². The summed E-state index contributed by atoms with van der Waals surface area (Å²) in [6, 6.07) is 7.96. The number of carbonyl (C=O) groups excluding carboxylic acids is 3. The quantitative estimate of drug-likeness (QED) is 0.577. The molecule has 2 rings (SSSR count). The summed E-state index contributed by atoms with van der Waals surface area (Å²) >= 11 is 5.82. The number of imide groups is 2. The number of hydrogen-bond acceptors (Lipinski definition) is 3. The number of nitrogens with zero attached hydrogens (tertiary/aromatic N) is 2. The first-order chi connectivity index (χ1) is 8.96. The summed E-state index contributed by atoms with van der Waals surface area (Å²) in [5, 5.41) is 0. The van der Waals surface area contributed by atoms with Gasteiger partial charge in [-0.1, -0.05) is 37.3 Å². The Kier molecular flexibility index (Phi) is 3.78. The van der Waals surface area contributed by atoms with E-state index in [-0.39, 0.29) is 6.42 Å². The number of rotatable bonds is 2. The highest BCUT2D eigenvalue weighted by Gasteiger charge is 2.56. The van der Waals surface area contributed by atoms with Gasteiger partial charge in [-0.2, -0.15) is 7.85 Å². The third-order valence-corrected chi connectivity index (χ3v) is 4.47. The molecule has 1 aliphatic heterocycles. The third-order valence-electron chi connectivity index (χ3n) is 3.22. The highest BCUT2D eigenvalue weighted by molar-refractivity contribution is 9.08. The molecule has 1 heterocycles. The smallest absolute Gasteiger partial charge is 0.272 e. The second-order valence-corrected chi connectivity index (χ2v) is 5.50. The Morgan fingerprint density at radius 2 is 1.47 bits per heavy atom. The molecule has 0 radical (unpaired) electrons. The Balaban J connectivity index is 2.64. The molecule has 0 atom stereocenters. The van der Waals surface area contributed by atoms with Gasteiger partial charge in [-0.25, -0.2) is 4.79 Å². The minimum Gasteiger partial charge on any atom is -0.272 e. The molecule has 1 saturated heterocycles. The molecular weight excluding hydrogens is 380 g/mol. The van der Waals surface area contributed by atoms with Crippen LogP contribution in [0.15, 0.2) is 30.3 Å². The van der Waals surface area contributed by atoms with Gasteiger partial charge in [-0.3, -0.25) is 9.59 Å². The van der Waals surface area contributed by atoms with E-state index in [0.717, 1.165) is 7.85 Å². The van der Waals surface area contributed by atoms with Gasteiger partial charge in [-0.15, -0.1) is 0 Å². The summed E-state index contributed by atoms with van der Waals surface area (Å²) in [4.78, 5) is 36.6. The van der Waals surface area contributed by atoms with Gasteiger partial charge in [0.15, 0.2) is 5.41 Å². The van der Waals surface area contributed by atoms with Gasteiger partial charge in [0.05, 0.1) is 32.3 Å². The molecule has 1 aromatic carbocycles. The largest absolute Gasteiger partial charge is 0.354 e. The van der Waals surface area contributed by atoms with E-state index >= 15 is 0 Å². The molecule has 1 aliphatic rings. The zero-order valence-corrected chi connectivity index (χ0v) is 13.1. The monoisotopic (exact) mass is 388 g/mol. The standard InChI is InChI=1S/C12H10Br2N2O3/c1-2-12(8-6-4-3-5-7-8)9(17)15(13)11(19)16(14)10(12)18/h3-7H,2H2,1H3. The van der Waals surface area contributed by atoms with Crippen LogP contribution in [0.25, 0.3) is 0 Å². The molecule has 0 aromatic heterocycles. The SMILES string of the molecule is CCC1(c2ccccc2)C(=O)N(Br)C(=O)N(Br)C1=O. The van der Waals surface area contributed by atoms with Crippen molar-refractivity contribution < 1.29 is 14.4 Å². The molecule has 0 unspecified atom stereocenters. The Morgan fingerprint density at radius 3 is 1.89 bits per heavy atom. The molecule has 100 valence electrons. The first kappa shape index (κ1) is 14.2. The lowest BCUT2D eigenvalue weighted by Crippen LogP contribution is -2.61. The van der Waals surface area contributed by atoms with Crippen molar-refractivity contribution in [3.05, 3.63) is 35.9 Å². The van der Waals surface area contributed by atoms with Crippen LogP contribution in [0.1, 0.15) is 18.9 Å². The lowest BCUT2D eigenvalue weighted by molar-refractivity contribution is -0.145. The molecule has 0 spiro atoms. The van der Waals surface area contributed by atoms with Gasteiger partial charge in [0.25, 0.3) is 11.8 Å². The Labute approximate surface area is 127 Å². The maximum Gasteiger partial charge on any atom is 0.354 e. The lowest BCUT2D eigenvalue weighted by atomic mass is 9.75. The molecule has 0 saturated carbocycles. The number of benzene rings is 1. The van der Waals surface area contributed by atoms with E-state index in [1.54, 1.807) is 37.3 Å². The van der Waals surface area contributed by atoms with Crippen molar-refractivity contribution in [1.82, 2.24) is 7.85 Å². The third kappa shape index (κ3) is 1.92. The van der Waals surface area contributed by atoms with Crippen LogP contribution in [-0.4, -0.2) is 25.7 Å². The van der Waals surface area contributed by atoms with Crippen molar-refractivity contribution in [3.8, 4) is 0 Å². The fourth-order valence-corrected chi connectivity index (χ4v) is 3.29. The van der Waals surface area contributed by atoms with Crippen LogP contribution in [0, 0.1) is 0 Å². The van der Waals surface area contributed by atoms with Crippen molar-refractivity contribution in [2.75, 3.05) is 0 Å². The summed E-state index contributed by atoms with van der Waals surface area (Å²) in [6.07, 6.45) is 0.256. The Morgan fingerprint density at radius 1 is 1.00 bits per heavy atom.